The maximum Gasteiger partial charge on any atom is -0.0297 e. The van der Waals surface area contributed by atoms with Crippen molar-refractivity contribution in [2.75, 3.05) is 0 Å². The van der Waals surface area contributed by atoms with Crippen molar-refractivity contribution >= 4 is 0 Å². The van der Waals surface area contributed by atoms with Gasteiger partial charge in [0, 0.05) is 0 Å². The van der Waals surface area contributed by atoms with Gasteiger partial charge in [-0.1, -0.05) is 44.9 Å². The molecule has 0 aliphatic heterocycles. The normalized spacial score (nSPS) is 30.0. The van der Waals surface area contributed by atoms with Gasteiger partial charge >= 0.3 is 0 Å². The fourth-order valence-electron chi connectivity index (χ4n) is 3.28. The van der Waals surface area contributed by atoms with Gasteiger partial charge in [0.25, 0.3) is 0 Å². The van der Waals surface area contributed by atoms with Gasteiger partial charge in [0.2, 0.25) is 0 Å². The van der Waals surface area contributed by atoms with Crippen molar-refractivity contribution in [1.29, 1.82) is 0 Å². The van der Waals surface area contributed by atoms with Crippen LogP contribution in [0.5, 0.6) is 0 Å². The van der Waals surface area contributed by atoms with Crippen LogP contribution in [0.3, 0.4) is 0 Å². The monoisotopic (exact) mass is 166 g/mol. The van der Waals surface area contributed by atoms with Crippen LogP contribution >= 0.6 is 0 Å². The predicted octanol–water partition coefficient (Wildman–Crippen LogP) is 4.29. The minimum Gasteiger partial charge on any atom is -0.0533 e. The first-order valence-electron chi connectivity index (χ1n) is 5.91. The molecule has 0 radical (unpaired) electrons. The van der Waals surface area contributed by atoms with E-state index in [2.05, 4.69) is 0 Å². The van der Waals surface area contributed by atoms with Gasteiger partial charge in [0.15, 0.2) is 0 Å². The molecule has 2 aliphatic carbocycles. The average molecular weight is 166 g/mol. The van der Waals surface area contributed by atoms with Gasteiger partial charge in [0.05, 0.1) is 0 Å². The Morgan fingerprint density at radius 1 is 0.417 bits per heavy atom. The van der Waals surface area contributed by atoms with Gasteiger partial charge in [0.1, 0.15) is 0 Å². The lowest BCUT2D eigenvalue weighted by Crippen LogP contribution is -2.22. The van der Waals surface area contributed by atoms with Crippen LogP contribution in [-0.2, 0) is 0 Å². The highest BCUT2D eigenvalue weighted by Gasteiger charge is 2.31. The quantitative estimate of drug-likeness (QED) is 0.503. The van der Waals surface area contributed by atoms with Gasteiger partial charge in [-0.3, -0.25) is 0 Å². The summed E-state index contributed by atoms with van der Waals surface area (Å²) in [5.41, 5.74) is 0.842. The summed E-state index contributed by atoms with van der Waals surface area (Å²) in [7, 11) is 0. The first kappa shape index (κ1) is 8.59. The van der Waals surface area contributed by atoms with Gasteiger partial charge < -0.3 is 0 Å². The van der Waals surface area contributed by atoms with Gasteiger partial charge in [-0.05, 0) is 31.1 Å². The molecule has 0 unspecified atom stereocenters. The molecule has 0 aromatic rings. The minimum atomic E-state index is 0.842. The summed E-state index contributed by atoms with van der Waals surface area (Å²) >= 11 is 0. The van der Waals surface area contributed by atoms with Crippen molar-refractivity contribution in [3.63, 3.8) is 0 Å². The van der Waals surface area contributed by atoms with Crippen LogP contribution in [0.25, 0.3) is 0 Å². The molecule has 0 saturated heterocycles. The van der Waals surface area contributed by atoms with Gasteiger partial charge in [-0.2, -0.15) is 0 Å². The molecule has 0 N–H and O–H groups in total. The standard InChI is InChI=1S/C12H22/c1-2-5-9-12(8-4-1)10-6-3-7-11-12/h1-11H2. The molecule has 70 valence electrons. The second-order valence-corrected chi connectivity index (χ2v) is 4.97. The Labute approximate surface area is 76.7 Å². The van der Waals surface area contributed by atoms with Crippen LogP contribution in [0.1, 0.15) is 70.6 Å². The molecular weight excluding hydrogens is 144 g/mol. The molecular formula is C12H22. The summed E-state index contributed by atoms with van der Waals surface area (Å²) < 4.78 is 0. The van der Waals surface area contributed by atoms with Crippen molar-refractivity contribution in [2.45, 2.75) is 70.6 Å². The van der Waals surface area contributed by atoms with E-state index in [0.29, 0.717) is 0 Å². The van der Waals surface area contributed by atoms with E-state index < -0.39 is 0 Å². The average Bonchev–Trinajstić information content (AvgIpc) is 2.33. The van der Waals surface area contributed by atoms with Crippen molar-refractivity contribution in [2.24, 2.45) is 5.41 Å². The molecule has 0 nitrogen and oxygen atoms in total. The number of rotatable bonds is 0. The molecule has 2 rings (SSSR count). The molecule has 2 aliphatic rings. The van der Waals surface area contributed by atoms with Crippen molar-refractivity contribution in [1.82, 2.24) is 0 Å². The summed E-state index contributed by atoms with van der Waals surface area (Å²) in [6.45, 7) is 0. The van der Waals surface area contributed by atoms with Crippen LogP contribution in [0.4, 0.5) is 0 Å². The Morgan fingerprint density at radius 3 is 1.17 bits per heavy atom. The summed E-state index contributed by atoms with van der Waals surface area (Å²) in [5.74, 6) is 0. The van der Waals surface area contributed by atoms with Crippen molar-refractivity contribution in [3.05, 3.63) is 0 Å². The second-order valence-electron chi connectivity index (χ2n) is 4.97. The third-order valence-corrected chi connectivity index (χ3v) is 4.08. The molecule has 0 bridgehead atoms. The summed E-state index contributed by atoms with van der Waals surface area (Å²) in [4.78, 5) is 0. The Balaban J connectivity index is 1.95. The SMILES string of the molecule is C1CCCC2(CC1)CCCCC2. The van der Waals surface area contributed by atoms with Crippen LogP contribution in [0.2, 0.25) is 0 Å². The largest absolute Gasteiger partial charge is 0.0533 e. The van der Waals surface area contributed by atoms with E-state index in [1.165, 1.54) is 44.9 Å². The van der Waals surface area contributed by atoms with Crippen LogP contribution in [0, 0.1) is 5.41 Å². The van der Waals surface area contributed by atoms with Crippen molar-refractivity contribution < 1.29 is 0 Å². The third-order valence-electron chi connectivity index (χ3n) is 4.08. The molecule has 0 atom stereocenters. The molecule has 2 fully saturated rings. The lowest BCUT2D eigenvalue weighted by Gasteiger charge is -2.36. The Bertz CT molecular complexity index is 121. The zero-order chi connectivity index (χ0) is 8.28. The number of hydrogen-bond donors (Lipinski definition) is 0. The van der Waals surface area contributed by atoms with E-state index >= 15 is 0 Å². The highest BCUT2D eigenvalue weighted by Crippen LogP contribution is 2.46. The third kappa shape index (κ3) is 1.84. The van der Waals surface area contributed by atoms with Gasteiger partial charge in [-0.15, -0.1) is 0 Å². The molecule has 1 spiro atoms. The molecule has 0 aromatic heterocycles. The predicted molar refractivity (Wildman–Crippen MR) is 53.2 cm³/mol. The molecule has 0 heterocycles. The molecule has 0 heteroatoms. The Morgan fingerprint density at radius 2 is 0.750 bits per heavy atom. The zero-order valence-electron chi connectivity index (χ0n) is 8.28. The van der Waals surface area contributed by atoms with E-state index in [0.717, 1.165) is 5.41 Å². The molecule has 12 heavy (non-hydrogen) atoms. The van der Waals surface area contributed by atoms with Crippen LogP contribution < -0.4 is 0 Å². The Kier molecular flexibility index (Phi) is 2.73. The molecule has 0 amide bonds. The summed E-state index contributed by atoms with van der Waals surface area (Å²) in [6, 6.07) is 0. The first-order valence-corrected chi connectivity index (χ1v) is 5.91. The fraction of sp³-hybridized carbons (Fsp3) is 1.00. The smallest absolute Gasteiger partial charge is 0.0297 e. The van der Waals surface area contributed by atoms with E-state index in [-0.39, 0.29) is 0 Å². The van der Waals surface area contributed by atoms with E-state index in [4.69, 9.17) is 0 Å². The summed E-state index contributed by atoms with van der Waals surface area (Å²) in [6.07, 6.45) is 16.9. The van der Waals surface area contributed by atoms with E-state index in [1.807, 2.05) is 0 Å². The van der Waals surface area contributed by atoms with Crippen molar-refractivity contribution in [3.8, 4) is 0 Å². The summed E-state index contributed by atoms with van der Waals surface area (Å²) in [5, 5.41) is 0. The fourth-order valence-corrected chi connectivity index (χ4v) is 3.28. The topological polar surface area (TPSA) is 0 Å². The maximum absolute atomic E-state index is 1.56. The first-order chi connectivity index (χ1) is 5.91. The van der Waals surface area contributed by atoms with Crippen LogP contribution in [-0.4, -0.2) is 0 Å². The second kappa shape index (κ2) is 3.81. The number of hydrogen-bond acceptors (Lipinski definition) is 0. The lowest BCUT2D eigenvalue weighted by atomic mass is 9.69. The minimum absolute atomic E-state index is 0.842. The maximum atomic E-state index is 1.56. The highest BCUT2D eigenvalue weighted by molar-refractivity contribution is 4.84. The highest BCUT2D eigenvalue weighted by atomic mass is 14.4. The Hall–Kier alpha value is 0. The van der Waals surface area contributed by atoms with Crippen LogP contribution in [0.15, 0.2) is 0 Å². The molecule has 2 saturated carbocycles. The lowest BCUT2D eigenvalue weighted by molar-refractivity contribution is 0.161. The molecule has 0 aromatic carbocycles. The van der Waals surface area contributed by atoms with E-state index in [9.17, 15) is 0 Å². The van der Waals surface area contributed by atoms with Gasteiger partial charge in [-0.25, -0.2) is 0 Å². The van der Waals surface area contributed by atoms with E-state index in [1.54, 1.807) is 25.7 Å². The zero-order valence-corrected chi connectivity index (χ0v) is 8.28.